The van der Waals surface area contributed by atoms with E-state index in [9.17, 15) is 9.18 Å². The second-order valence-electron chi connectivity index (χ2n) is 9.44. The summed E-state index contributed by atoms with van der Waals surface area (Å²) in [7, 11) is 0. The first kappa shape index (κ1) is 28.5. The lowest BCUT2D eigenvalue weighted by molar-refractivity contribution is -0.241. The van der Waals surface area contributed by atoms with Gasteiger partial charge in [-0.2, -0.15) is 4.89 Å². The third kappa shape index (κ3) is 8.22. The maximum absolute atomic E-state index is 15.9. The van der Waals surface area contributed by atoms with Crippen molar-refractivity contribution in [1.29, 1.82) is 0 Å². The third-order valence-electron chi connectivity index (χ3n) is 6.55. The molecule has 0 N–H and O–H groups in total. The fraction of sp³-hybridized carbons (Fsp3) is 0.406. The molecule has 0 unspecified atom stereocenters. The molecule has 0 aromatic heterocycles. The van der Waals surface area contributed by atoms with E-state index in [1.54, 1.807) is 18.2 Å². The average Bonchev–Trinajstić information content (AvgIpc) is 2.91. The van der Waals surface area contributed by atoms with Crippen molar-refractivity contribution in [3.63, 3.8) is 0 Å². The fourth-order valence-corrected chi connectivity index (χ4v) is 4.43. The van der Waals surface area contributed by atoms with Crippen molar-refractivity contribution in [1.82, 2.24) is 0 Å². The highest BCUT2D eigenvalue weighted by Crippen LogP contribution is 2.37. The van der Waals surface area contributed by atoms with Crippen LogP contribution in [0.5, 0.6) is 0 Å². The number of unbranched alkanes of at least 4 members (excludes halogenated alkanes) is 7. The summed E-state index contributed by atoms with van der Waals surface area (Å²) in [6.07, 6.45) is 10.0. The smallest absolute Gasteiger partial charge is 0.293 e. The predicted octanol–water partition coefficient (Wildman–Crippen LogP) is 9.48. The van der Waals surface area contributed by atoms with Crippen LogP contribution < -0.4 is 0 Å². The van der Waals surface area contributed by atoms with Crippen molar-refractivity contribution >= 4 is 5.97 Å². The van der Waals surface area contributed by atoms with Crippen LogP contribution in [0, 0.1) is 11.6 Å². The van der Waals surface area contributed by atoms with E-state index in [2.05, 4.69) is 13.8 Å². The van der Waals surface area contributed by atoms with Crippen LogP contribution in [0.3, 0.4) is 0 Å². The maximum atomic E-state index is 15.9. The zero-order chi connectivity index (χ0) is 26.5. The Bertz CT molecular complexity index is 1130. The van der Waals surface area contributed by atoms with Crippen LogP contribution in [0.1, 0.15) is 87.6 Å². The van der Waals surface area contributed by atoms with Gasteiger partial charge in [0.2, 0.25) is 0 Å². The average molecular weight is 509 g/mol. The Balaban J connectivity index is 1.82. The van der Waals surface area contributed by atoms with Crippen molar-refractivity contribution in [2.75, 3.05) is 6.61 Å². The molecule has 5 heteroatoms. The van der Waals surface area contributed by atoms with Gasteiger partial charge in [-0.1, -0.05) is 107 Å². The standard InChI is InChI=1S/C32H38F2O3/c1-3-5-7-8-9-14-22-36-37-32(35)28-21-20-27(24-15-12-10-13-16-24)30(31(28)34)26-19-18-25(29(33)23-26)17-11-6-4-2/h10,12-13,15-16,18-21,23H,3-9,11,14,17,22H2,1-2H3. The van der Waals surface area contributed by atoms with Crippen LogP contribution >= 0.6 is 0 Å². The zero-order valence-corrected chi connectivity index (χ0v) is 22.0. The monoisotopic (exact) mass is 508 g/mol. The van der Waals surface area contributed by atoms with Gasteiger partial charge in [0.25, 0.3) is 0 Å². The number of carbonyl (C=O) groups excluding carboxylic acids is 1. The van der Waals surface area contributed by atoms with Crippen molar-refractivity contribution in [2.45, 2.75) is 78.1 Å². The number of halogens is 2. The Labute approximate surface area is 219 Å². The molecule has 3 rings (SSSR count). The number of carbonyl (C=O) groups is 1. The first-order valence-corrected chi connectivity index (χ1v) is 13.6. The minimum atomic E-state index is -0.902. The van der Waals surface area contributed by atoms with Crippen LogP contribution in [-0.4, -0.2) is 12.6 Å². The van der Waals surface area contributed by atoms with E-state index >= 15 is 4.39 Å². The Morgan fingerprint density at radius 2 is 1.46 bits per heavy atom. The third-order valence-corrected chi connectivity index (χ3v) is 6.55. The van der Waals surface area contributed by atoms with E-state index in [0.717, 1.165) is 44.1 Å². The molecule has 0 heterocycles. The lowest BCUT2D eigenvalue weighted by Gasteiger charge is -2.15. The highest BCUT2D eigenvalue weighted by molar-refractivity contribution is 5.95. The van der Waals surface area contributed by atoms with E-state index in [-0.39, 0.29) is 23.6 Å². The molecule has 0 amide bonds. The summed E-state index contributed by atoms with van der Waals surface area (Å²) in [4.78, 5) is 22.7. The summed E-state index contributed by atoms with van der Waals surface area (Å²) in [6.45, 7) is 4.53. The van der Waals surface area contributed by atoms with Crippen molar-refractivity contribution in [3.8, 4) is 22.3 Å². The molecule has 0 radical (unpaired) electrons. The van der Waals surface area contributed by atoms with E-state index < -0.39 is 11.8 Å². The molecule has 0 saturated carbocycles. The van der Waals surface area contributed by atoms with Gasteiger partial charge in [-0.25, -0.2) is 13.6 Å². The molecule has 3 nitrogen and oxygen atoms in total. The Morgan fingerprint density at radius 3 is 2.19 bits per heavy atom. The first-order valence-electron chi connectivity index (χ1n) is 13.6. The molecule has 0 fully saturated rings. The molecule has 0 atom stereocenters. The van der Waals surface area contributed by atoms with E-state index in [1.807, 2.05) is 30.3 Å². The molecular weight excluding hydrogens is 470 g/mol. The number of hydrogen-bond donors (Lipinski definition) is 0. The molecule has 0 spiro atoms. The first-order chi connectivity index (χ1) is 18.1. The largest absolute Gasteiger partial charge is 0.376 e. The van der Waals surface area contributed by atoms with Gasteiger partial charge >= 0.3 is 5.97 Å². The molecule has 0 aliphatic carbocycles. The lowest BCUT2D eigenvalue weighted by Crippen LogP contribution is -2.10. The summed E-state index contributed by atoms with van der Waals surface area (Å²) in [6, 6.07) is 17.2. The van der Waals surface area contributed by atoms with Crippen LogP contribution in [0.15, 0.2) is 60.7 Å². The minimum absolute atomic E-state index is 0.163. The molecule has 3 aromatic carbocycles. The molecular formula is C32H38F2O3. The Kier molecular flexibility index (Phi) is 11.8. The van der Waals surface area contributed by atoms with E-state index in [1.165, 1.54) is 31.4 Å². The number of rotatable bonds is 15. The summed E-state index contributed by atoms with van der Waals surface area (Å²) in [5.74, 6) is -2.03. The lowest BCUT2D eigenvalue weighted by atomic mass is 9.91. The quantitative estimate of drug-likeness (QED) is 0.116. The van der Waals surface area contributed by atoms with Crippen molar-refractivity contribution in [3.05, 3.63) is 83.4 Å². The van der Waals surface area contributed by atoms with Gasteiger partial charge in [0.15, 0.2) is 0 Å². The van der Waals surface area contributed by atoms with Crippen LogP contribution in [0.2, 0.25) is 0 Å². The normalized spacial score (nSPS) is 11.0. The van der Waals surface area contributed by atoms with Crippen LogP contribution in [-0.2, 0) is 16.2 Å². The fourth-order valence-electron chi connectivity index (χ4n) is 4.43. The van der Waals surface area contributed by atoms with Gasteiger partial charge in [-0.05, 0) is 53.6 Å². The second kappa shape index (κ2) is 15.3. The number of benzene rings is 3. The van der Waals surface area contributed by atoms with Gasteiger partial charge in [-0.3, -0.25) is 4.89 Å². The van der Waals surface area contributed by atoms with Gasteiger partial charge in [0.05, 0.1) is 12.2 Å². The van der Waals surface area contributed by atoms with Gasteiger partial charge in [0.1, 0.15) is 11.6 Å². The minimum Gasteiger partial charge on any atom is -0.293 e. The molecule has 0 aliphatic heterocycles. The van der Waals surface area contributed by atoms with Gasteiger partial charge in [-0.15, -0.1) is 0 Å². The molecule has 0 bridgehead atoms. The maximum Gasteiger partial charge on any atom is 0.376 e. The van der Waals surface area contributed by atoms with E-state index in [0.29, 0.717) is 23.1 Å². The Morgan fingerprint density at radius 1 is 0.757 bits per heavy atom. The number of aryl methyl sites for hydroxylation is 1. The Hall–Kier alpha value is -3.05. The van der Waals surface area contributed by atoms with Gasteiger partial charge in [0, 0.05) is 5.56 Å². The molecule has 0 saturated heterocycles. The van der Waals surface area contributed by atoms with Crippen molar-refractivity contribution in [2.24, 2.45) is 0 Å². The highest BCUT2D eigenvalue weighted by Gasteiger charge is 2.23. The topological polar surface area (TPSA) is 35.5 Å². The van der Waals surface area contributed by atoms with E-state index in [4.69, 9.17) is 9.78 Å². The summed E-state index contributed by atoms with van der Waals surface area (Å²) in [5.41, 5.74) is 2.23. The molecule has 0 aliphatic rings. The predicted molar refractivity (Wildman–Crippen MR) is 145 cm³/mol. The molecule has 37 heavy (non-hydrogen) atoms. The summed E-state index contributed by atoms with van der Waals surface area (Å²) >= 11 is 0. The van der Waals surface area contributed by atoms with Crippen LogP contribution in [0.4, 0.5) is 8.78 Å². The summed E-state index contributed by atoms with van der Waals surface area (Å²) < 4.78 is 30.9. The second-order valence-corrected chi connectivity index (χ2v) is 9.44. The molecule has 198 valence electrons. The van der Waals surface area contributed by atoms with Crippen LogP contribution in [0.25, 0.3) is 22.3 Å². The van der Waals surface area contributed by atoms with Crippen molar-refractivity contribution < 1.29 is 23.4 Å². The summed E-state index contributed by atoms with van der Waals surface area (Å²) in [5, 5.41) is 0. The zero-order valence-electron chi connectivity index (χ0n) is 22.0. The highest BCUT2D eigenvalue weighted by atomic mass is 19.1. The molecule has 3 aromatic rings. The number of hydrogen-bond acceptors (Lipinski definition) is 3. The van der Waals surface area contributed by atoms with Gasteiger partial charge < -0.3 is 0 Å². The SMILES string of the molecule is CCCCCCCCOOC(=O)c1ccc(-c2ccccc2)c(-c2ccc(CCCCC)c(F)c2)c1F.